The summed E-state index contributed by atoms with van der Waals surface area (Å²) in [4.78, 5) is 34.0. The standard InChI is InChI=1S/C28H26N4O3/c1-3-4-14-31-25-13-11-21(28(34)35-2)16-23(25)30-27(31)20-10-12-24-22(15-20)29-17-26(33)32(24)18-19-8-6-5-7-9-19/h5-13,15-17H,3-4,14,18H2,1-2H3. The molecule has 5 rings (SSSR count). The number of carbonyl (C=O) groups excluding carboxylic acids is 1. The Morgan fingerprint density at radius 1 is 0.943 bits per heavy atom. The van der Waals surface area contributed by atoms with Crippen LogP contribution < -0.4 is 5.56 Å². The molecular formula is C28H26N4O3. The number of hydrogen-bond acceptors (Lipinski definition) is 5. The van der Waals surface area contributed by atoms with Gasteiger partial charge in [-0.3, -0.25) is 4.79 Å². The van der Waals surface area contributed by atoms with E-state index in [2.05, 4.69) is 16.5 Å². The molecule has 0 saturated carbocycles. The number of aryl methyl sites for hydroxylation is 1. The zero-order chi connectivity index (χ0) is 24.4. The van der Waals surface area contributed by atoms with Crippen LogP contribution in [0, 0.1) is 0 Å². The van der Waals surface area contributed by atoms with Gasteiger partial charge in [-0.15, -0.1) is 0 Å². The second-order valence-electron chi connectivity index (χ2n) is 8.51. The van der Waals surface area contributed by atoms with E-state index < -0.39 is 0 Å². The fourth-order valence-electron chi connectivity index (χ4n) is 4.37. The Hall–Kier alpha value is -4.26. The van der Waals surface area contributed by atoms with Crippen LogP contribution in [-0.2, 0) is 17.8 Å². The number of hydrogen-bond donors (Lipinski definition) is 0. The summed E-state index contributed by atoms with van der Waals surface area (Å²) < 4.78 is 8.80. The minimum absolute atomic E-state index is 0.139. The van der Waals surface area contributed by atoms with Gasteiger partial charge in [0.25, 0.3) is 5.56 Å². The lowest BCUT2D eigenvalue weighted by Crippen LogP contribution is -2.21. The minimum atomic E-state index is -0.386. The fraction of sp³-hybridized carbons (Fsp3) is 0.214. The summed E-state index contributed by atoms with van der Waals surface area (Å²) in [7, 11) is 1.37. The Morgan fingerprint density at radius 3 is 2.49 bits per heavy atom. The average Bonchev–Trinajstić information content (AvgIpc) is 3.26. The van der Waals surface area contributed by atoms with E-state index in [1.807, 2.05) is 54.6 Å². The normalized spacial score (nSPS) is 11.3. The van der Waals surface area contributed by atoms with E-state index >= 15 is 0 Å². The number of methoxy groups -OCH3 is 1. The molecule has 0 saturated heterocycles. The predicted molar refractivity (Wildman–Crippen MR) is 137 cm³/mol. The van der Waals surface area contributed by atoms with Gasteiger partial charge in [0.2, 0.25) is 0 Å². The number of benzene rings is 3. The highest BCUT2D eigenvalue weighted by atomic mass is 16.5. The molecule has 5 aromatic rings. The van der Waals surface area contributed by atoms with Gasteiger partial charge in [-0.2, -0.15) is 0 Å². The summed E-state index contributed by atoms with van der Waals surface area (Å²) in [5, 5.41) is 0. The molecule has 7 nitrogen and oxygen atoms in total. The molecule has 0 unspecified atom stereocenters. The van der Waals surface area contributed by atoms with Crippen molar-refractivity contribution in [3.05, 3.63) is 94.4 Å². The third-order valence-electron chi connectivity index (χ3n) is 6.19. The smallest absolute Gasteiger partial charge is 0.337 e. The van der Waals surface area contributed by atoms with Crippen molar-refractivity contribution in [2.75, 3.05) is 7.11 Å². The van der Waals surface area contributed by atoms with Crippen LogP contribution in [-0.4, -0.2) is 32.2 Å². The highest BCUT2D eigenvalue weighted by Gasteiger charge is 2.16. The lowest BCUT2D eigenvalue weighted by Gasteiger charge is -2.12. The quantitative estimate of drug-likeness (QED) is 0.314. The molecule has 176 valence electrons. The summed E-state index contributed by atoms with van der Waals surface area (Å²) in [5.74, 6) is 0.419. The second kappa shape index (κ2) is 9.54. The molecule has 0 fully saturated rings. The van der Waals surface area contributed by atoms with Crippen molar-refractivity contribution in [2.24, 2.45) is 0 Å². The first-order valence-electron chi connectivity index (χ1n) is 11.7. The van der Waals surface area contributed by atoms with Crippen molar-refractivity contribution < 1.29 is 9.53 Å². The van der Waals surface area contributed by atoms with E-state index in [9.17, 15) is 9.59 Å². The Balaban J connectivity index is 1.63. The molecule has 2 heterocycles. The summed E-state index contributed by atoms with van der Waals surface area (Å²) in [5.41, 5.74) is 5.48. The molecule has 0 bridgehead atoms. The monoisotopic (exact) mass is 466 g/mol. The molecule has 0 radical (unpaired) electrons. The molecule has 0 amide bonds. The Morgan fingerprint density at radius 2 is 1.71 bits per heavy atom. The number of carbonyl (C=O) groups is 1. The van der Waals surface area contributed by atoms with Gasteiger partial charge in [0, 0.05) is 12.1 Å². The van der Waals surface area contributed by atoms with Crippen molar-refractivity contribution in [3.63, 3.8) is 0 Å². The topological polar surface area (TPSA) is 79.0 Å². The number of imidazole rings is 1. The molecule has 0 aliphatic carbocycles. The first kappa shape index (κ1) is 22.5. The Bertz CT molecular complexity index is 1590. The first-order chi connectivity index (χ1) is 17.1. The maximum atomic E-state index is 12.6. The van der Waals surface area contributed by atoms with Crippen LogP contribution in [0.2, 0.25) is 0 Å². The van der Waals surface area contributed by atoms with Crippen LogP contribution in [0.5, 0.6) is 0 Å². The number of esters is 1. The van der Waals surface area contributed by atoms with E-state index in [4.69, 9.17) is 9.72 Å². The average molecular weight is 467 g/mol. The third kappa shape index (κ3) is 4.33. The predicted octanol–water partition coefficient (Wildman–Crippen LogP) is 5.05. The van der Waals surface area contributed by atoms with Crippen LogP contribution >= 0.6 is 0 Å². The van der Waals surface area contributed by atoms with E-state index in [1.54, 1.807) is 16.7 Å². The molecule has 35 heavy (non-hydrogen) atoms. The van der Waals surface area contributed by atoms with Gasteiger partial charge < -0.3 is 13.9 Å². The number of nitrogens with zero attached hydrogens (tertiary/aromatic N) is 4. The van der Waals surface area contributed by atoms with E-state index in [1.165, 1.54) is 13.3 Å². The van der Waals surface area contributed by atoms with E-state index in [0.717, 1.165) is 58.4 Å². The van der Waals surface area contributed by atoms with Crippen LogP contribution in [0.25, 0.3) is 33.5 Å². The van der Waals surface area contributed by atoms with Crippen LogP contribution in [0.4, 0.5) is 0 Å². The maximum absolute atomic E-state index is 12.6. The summed E-state index contributed by atoms with van der Waals surface area (Å²) in [6.45, 7) is 3.43. The molecule has 0 atom stereocenters. The lowest BCUT2D eigenvalue weighted by atomic mass is 10.1. The zero-order valence-corrected chi connectivity index (χ0v) is 19.8. The molecule has 0 aliphatic heterocycles. The summed E-state index contributed by atoms with van der Waals surface area (Å²) >= 11 is 0. The summed E-state index contributed by atoms with van der Waals surface area (Å²) in [6.07, 6.45) is 3.42. The van der Waals surface area contributed by atoms with Gasteiger partial charge in [-0.05, 0) is 48.4 Å². The van der Waals surface area contributed by atoms with Crippen LogP contribution in [0.15, 0.2) is 77.7 Å². The molecule has 3 aromatic carbocycles. The van der Waals surface area contributed by atoms with Crippen LogP contribution in [0.1, 0.15) is 35.7 Å². The third-order valence-corrected chi connectivity index (χ3v) is 6.19. The highest BCUT2D eigenvalue weighted by Crippen LogP contribution is 2.28. The molecular weight excluding hydrogens is 440 g/mol. The van der Waals surface area contributed by atoms with Gasteiger partial charge in [0.15, 0.2) is 0 Å². The number of unbranched alkanes of at least 4 members (excludes halogenated alkanes) is 1. The molecule has 7 heteroatoms. The van der Waals surface area contributed by atoms with Crippen LogP contribution in [0.3, 0.4) is 0 Å². The fourth-order valence-corrected chi connectivity index (χ4v) is 4.37. The van der Waals surface area contributed by atoms with Gasteiger partial charge in [-0.25, -0.2) is 14.8 Å². The molecule has 0 N–H and O–H groups in total. The van der Waals surface area contributed by atoms with Gasteiger partial charge >= 0.3 is 5.97 Å². The Kier molecular flexibility index (Phi) is 6.14. The number of ether oxygens (including phenoxy) is 1. The van der Waals surface area contributed by atoms with Gasteiger partial charge in [0.1, 0.15) is 5.82 Å². The van der Waals surface area contributed by atoms with Gasteiger partial charge in [0.05, 0.1) is 47.5 Å². The van der Waals surface area contributed by atoms with E-state index in [0.29, 0.717) is 12.1 Å². The van der Waals surface area contributed by atoms with Crippen molar-refractivity contribution >= 4 is 28.0 Å². The largest absolute Gasteiger partial charge is 0.465 e. The SMILES string of the molecule is CCCCn1c(-c2ccc3c(c2)ncc(=O)n3Cc2ccccc2)nc2cc(C(=O)OC)ccc21. The zero-order valence-electron chi connectivity index (χ0n) is 19.8. The van der Waals surface area contributed by atoms with Crippen molar-refractivity contribution in [1.29, 1.82) is 0 Å². The highest BCUT2D eigenvalue weighted by molar-refractivity contribution is 5.94. The van der Waals surface area contributed by atoms with Gasteiger partial charge in [-0.1, -0.05) is 43.7 Å². The van der Waals surface area contributed by atoms with Crippen molar-refractivity contribution in [3.8, 4) is 11.4 Å². The first-order valence-corrected chi connectivity index (χ1v) is 11.7. The molecule has 2 aromatic heterocycles. The van der Waals surface area contributed by atoms with E-state index in [-0.39, 0.29) is 11.5 Å². The van der Waals surface area contributed by atoms with Crippen molar-refractivity contribution in [2.45, 2.75) is 32.9 Å². The number of fused-ring (bicyclic) bond motifs is 2. The number of aromatic nitrogens is 4. The summed E-state index contributed by atoms with van der Waals surface area (Å²) in [6, 6.07) is 21.3. The maximum Gasteiger partial charge on any atom is 0.337 e. The molecule has 0 aliphatic rings. The molecule has 0 spiro atoms. The Labute approximate surface area is 202 Å². The number of rotatable bonds is 7. The second-order valence-corrected chi connectivity index (χ2v) is 8.51. The van der Waals surface area contributed by atoms with Crippen molar-refractivity contribution in [1.82, 2.24) is 19.1 Å². The minimum Gasteiger partial charge on any atom is -0.465 e. The lowest BCUT2D eigenvalue weighted by molar-refractivity contribution is 0.0601.